The molecule has 1 spiro atoms. The first-order chi connectivity index (χ1) is 16.0. The summed E-state index contributed by atoms with van der Waals surface area (Å²) in [4.78, 5) is 17.5. The molecule has 2 heterocycles. The summed E-state index contributed by atoms with van der Waals surface area (Å²) in [6.07, 6.45) is 10.5. The van der Waals surface area contributed by atoms with Crippen molar-refractivity contribution in [3.63, 3.8) is 0 Å². The lowest BCUT2D eigenvalue weighted by molar-refractivity contribution is -0.139. The van der Waals surface area contributed by atoms with E-state index in [0.29, 0.717) is 18.9 Å². The van der Waals surface area contributed by atoms with Crippen molar-refractivity contribution in [3.8, 4) is 0 Å². The van der Waals surface area contributed by atoms with E-state index < -0.39 is 6.29 Å². The van der Waals surface area contributed by atoms with E-state index in [0.717, 1.165) is 57.7 Å². The zero-order valence-corrected chi connectivity index (χ0v) is 20.2. The van der Waals surface area contributed by atoms with E-state index in [9.17, 15) is 9.90 Å². The van der Waals surface area contributed by atoms with Gasteiger partial charge in [-0.15, -0.1) is 0 Å². The summed E-state index contributed by atoms with van der Waals surface area (Å²) in [6, 6.07) is 11.1. The summed E-state index contributed by atoms with van der Waals surface area (Å²) in [5.74, 6) is 1.24. The predicted octanol–water partition coefficient (Wildman–Crippen LogP) is 4.09. The third-order valence-corrected chi connectivity index (χ3v) is 9.18. The van der Waals surface area contributed by atoms with Crippen LogP contribution in [-0.4, -0.2) is 66.1 Å². The standard InChI is InChI=1S/C27H41N3O3/c1-29(16-10-21-6-5-7-21)27(23-8-3-2-4-9-23)14-12-26(13-15-27)20-30(25(32)28-26)19-22-11-17-33-24(31)18-22/h2-4,8-9,21-22,24,31H,5-7,10-20H2,1H3,(H,28,32). The van der Waals surface area contributed by atoms with E-state index in [2.05, 4.69) is 47.6 Å². The smallest absolute Gasteiger partial charge is 0.317 e. The van der Waals surface area contributed by atoms with Gasteiger partial charge in [-0.1, -0.05) is 49.6 Å². The lowest BCUT2D eigenvalue weighted by atomic mass is 9.68. The fourth-order valence-electron chi connectivity index (χ4n) is 6.69. The molecule has 0 bridgehead atoms. The van der Waals surface area contributed by atoms with Gasteiger partial charge in [0.25, 0.3) is 0 Å². The van der Waals surface area contributed by atoms with Gasteiger partial charge in [-0.25, -0.2) is 4.79 Å². The van der Waals surface area contributed by atoms with Crippen LogP contribution in [0.4, 0.5) is 4.79 Å². The molecule has 2 saturated carbocycles. The van der Waals surface area contributed by atoms with Crippen LogP contribution in [0, 0.1) is 11.8 Å². The van der Waals surface area contributed by atoms with Gasteiger partial charge in [0.2, 0.25) is 0 Å². The normalized spacial score (nSPS) is 35.1. The highest BCUT2D eigenvalue weighted by molar-refractivity contribution is 5.78. The van der Waals surface area contributed by atoms with Crippen LogP contribution in [0.1, 0.15) is 69.8 Å². The molecule has 6 heteroatoms. The molecule has 2 saturated heterocycles. The van der Waals surface area contributed by atoms with Crippen molar-refractivity contribution in [2.24, 2.45) is 11.8 Å². The van der Waals surface area contributed by atoms with Crippen LogP contribution < -0.4 is 5.32 Å². The van der Waals surface area contributed by atoms with Gasteiger partial charge in [0.15, 0.2) is 6.29 Å². The third kappa shape index (κ3) is 4.80. The number of aliphatic hydroxyl groups is 1. The molecular formula is C27H41N3O3. The van der Waals surface area contributed by atoms with Gasteiger partial charge in [0, 0.05) is 25.0 Å². The molecule has 182 valence electrons. The monoisotopic (exact) mass is 455 g/mol. The Bertz CT molecular complexity index is 804. The largest absolute Gasteiger partial charge is 0.368 e. The van der Waals surface area contributed by atoms with Crippen molar-refractivity contribution in [2.75, 3.05) is 33.3 Å². The Morgan fingerprint density at radius 2 is 1.88 bits per heavy atom. The molecule has 2 amide bonds. The maximum Gasteiger partial charge on any atom is 0.317 e. The summed E-state index contributed by atoms with van der Waals surface area (Å²) in [6.45, 7) is 3.24. The second kappa shape index (κ2) is 9.55. The lowest BCUT2D eigenvalue weighted by Crippen LogP contribution is -2.55. The van der Waals surface area contributed by atoms with E-state index in [-0.39, 0.29) is 17.1 Å². The summed E-state index contributed by atoms with van der Waals surface area (Å²) in [5, 5.41) is 13.2. The molecule has 0 radical (unpaired) electrons. The highest BCUT2D eigenvalue weighted by Gasteiger charge is 2.50. The minimum atomic E-state index is -0.681. The number of carbonyl (C=O) groups excluding carboxylic acids is 1. The van der Waals surface area contributed by atoms with Crippen LogP contribution in [0.3, 0.4) is 0 Å². The summed E-state index contributed by atoms with van der Waals surface area (Å²) in [7, 11) is 2.32. The minimum Gasteiger partial charge on any atom is -0.368 e. The van der Waals surface area contributed by atoms with E-state index in [1.165, 1.54) is 31.2 Å². The zero-order chi connectivity index (χ0) is 22.9. The molecule has 2 atom stereocenters. The lowest BCUT2D eigenvalue weighted by Gasteiger charge is -2.50. The Kier molecular flexibility index (Phi) is 6.69. The second-order valence-electron chi connectivity index (χ2n) is 11.2. The molecule has 33 heavy (non-hydrogen) atoms. The predicted molar refractivity (Wildman–Crippen MR) is 129 cm³/mol. The molecule has 2 unspecified atom stereocenters. The van der Waals surface area contributed by atoms with Gasteiger partial charge in [-0.3, -0.25) is 4.90 Å². The molecule has 2 N–H and O–H groups in total. The van der Waals surface area contributed by atoms with Crippen molar-refractivity contribution in [3.05, 3.63) is 35.9 Å². The Hall–Kier alpha value is -1.63. The number of ether oxygens (including phenoxy) is 1. The molecule has 4 aliphatic rings. The van der Waals surface area contributed by atoms with Crippen LogP contribution in [0.15, 0.2) is 30.3 Å². The number of nitrogens with one attached hydrogen (secondary N) is 1. The maximum absolute atomic E-state index is 12.9. The average Bonchev–Trinajstić information content (AvgIpc) is 3.08. The average molecular weight is 456 g/mol. The van der Waals surface area contributed by atoms with Crippen molar-refractivity contribution in [1.29, 1.82) is 0 Å². The number of urea groups is 1. The fraction of sp³-hybridized carbons (Fsp3) is 0.741. The summed E-state index contributed by atoms with van der Waals surface area (Å²) < 4.78 is 5.27. The molecule has 2 aliphatic carbocycles. The highest BCUT2D eigenvalue weighted by atomic mass is 16.6. The number of aliphatic hydroxyl groups excluding tert-OH is 1. The Labute approximate surface area is 198 Å². The molecule has 1 aromatic carbocycles. The molecule has 6 nitrogen and oxygen atoms in total. The second-order valence-corrected chi connectivity index (χ2v) is 11.2. The first-order valence-electron chi connectivity index (χ1n) is 13.1. The van der Waals surface area contributed by atoms with Gasteiger partial charge >= 0.3 is 6.03 Å². The van der Waals surface area contributed by atoms with Gasteiger partial charge in [-0.05, 0) is 69.5 Å². The Morgan fingerprint density at radius 3 is 2.55 bits per heavy atom. The number of amides is 2. The fourth-order valence-corrected chi connectivity index (χ4v) is 6.69. The third-order valence-electron chi connectivity index (χ3n) is 9.18. The van der Waals surface area contributed by atoms with Gasteiger partial charge < -0.3 is 20.1 Å². The van der Waals surface area contributed by atoms with E-state index in [1.807, 2.05) is 4.90 Å². The zero-order valence-electron chi connectivity index (χ0n) is 20.2. The van der Waals surface area contributed by atoms with Crippen molar-refractivity contribution >= 4 is 6.03 Å². The Morgan fingerprint density at radius 1 is 1.12 bits per heavy atom. The summed E-state index contributed by atoms with van der Waals surface area (Å²) >= 11 is 0. The minimum absolute atomic E-state index is 0.0548. The van der Waals surface area contributed by atoms with Crippen molar-refractivity contribution in [2.45, 2.75) is 81.6 Å². The molecule has 2 aliphatic heterocycles. The van der Waals surface area contributed by atoms with Crippen molar-refractivity contribution in [1.82, 2.24) is 15.1 Å². The first kappa shape index (κ1) is 23.1. The van der Waals surface area contributed by atoms with Crippen molar-refractivity contribution < 1.29 is 14.6 Å². The topological polar surface area (TPSA) is 65.0 Å². The SMILES string of the molecule is CN(CCC1CCC1)C1(c2ccccc2)CCC2(CC1)CN(CC1CCOC(O)C1)C(=O)N2. The number of carbonyl (C=O) groups is 1. The van der Waals surface area contributed by atoms with E-state index in [4.69, 9.17) is 4.74 Å². The number of benzene rings is 1. The van der Waals surface area contributed by atoms with Gasteiger partial charge in [0.1, 0.15) is 0 Å². The number of hydrogen-bond acceptors (Lipinski definition) is 4. The first-order valence-corrected chi connectivity index (χ1v) is 13.1. The molecule has 4 fully saturated rings. The maximum atomic E-state index is 12.9. The van der Waals surface area contributed by atoms with E-state index in [1.54, 1.807) is 0 Å². The number of hydrogen-bond donors (Lipinski definition) is 2. The van der Waals surface area contributed by atoms with Crippen LogP contribution in [-0.2, 0) is 10.3 Å². The molecular weight excluding hydrogens is 414 g/mol. The molecule has 1 aromatic rings. The Balaban J connectivity index is 1.26. The highest BCUT2D eigenvalue weighted by Crippen LogP contribution is 2.47. The summed E-state index contributed by atoms with van der Waals surface area (Å²) in [5.41, 5.74) is 1.36. The van der Waals surface area contributed by atoms with Gasteiger partial charge in [-0.2, -0.15) is 0 Å². The van der Waals surface area contributed by atoms with Gasteiger partial charge in [0.05, 0.1) is 12.1 Å². The number of nitrogens with zero attached hydrogens (tertiary/aromatic N) is 2. The van der Waals surface area contributed by atoms with Crippen LogP contribution in [0.5, 0.6) is 0 Å². The van der Waals surface area contributed by atoms with Crippen LogP contribution in [0.25, 0.3) is 0 Å². The quantitative estimate of drug-likeness (QED) is 0.650. The van der Waals surface area contributed by atoms with Crippen LogP contribution >= 0.6 is 0 Å². The number of rotatable bonds is 7. The molecule has 5 rings (SSSR count). The van der Waals surface area contributed by atoms with E-state index >= 15 is 0 Å². The molecule has 0 aromatic heterocycles. The van der Waals surface area contributed by atoms with Crippen LogP contribution in [0.2, 0.25) is 0 Å².